The monoisotopic (exact) mass is 282 g/mol. The summed E-state index contributed by atoms with van der Waals surface area (Å²) in [6.07, 6.45) is 1.50. The van der Waals surface area contributed by atoms with Gasteiger partial charge in [0, 0.05) is 13.1 Å². The average molecular weight is 283 g/mol. The Hall–Kier alpha value is -1.88. The normalized spacial score (nSPS) is 10.5. The second kappa shape index (κ2) is 5.40. The number of hydrogen-bond donors (Lipinski definition) is 0. The molecule has 0 spiro atoms. The summed E-state index contributed by atoms with van der Waals surface area (Å²) in [5.41, 5.74) is 0.335. The van der Waals surface area contributed by atoms with E-state index in [0.717, 1.165) is 0 Å². The first kappa shape index (κ1) is 13.5. The van der Waals surface area contributed by atoms with Crippen LogP contribution in [-0.4, -0.2) is 15.3 Å². The Morgan fingerprint density at radius 1 is 1.53 bits per heavy atom. The van der Waals surface area contributed by atoms with Crippen molar-refractivity contribution in [2.75, 3.05) is 0 Å². The number of carbonyl (C=O) groups is 1. The second-order valence-electron chi connectivity index (χ2n) is 4.04. The van der Waals surface area contributed by atoms with Gasteiger partial charge in [0.2, 0.25) is 0 Å². The van der Waals surface area contributed by atoms with Crippen molar-refractivity contribution in [3.8, 4) is 5.75 Å². The number of halogens is 2. The molecule has 2 aromatic rings. The smallest absolute Gasteiger partial charge is 0.163 e. The van der Waals surface area contributed by atoms with Gasteiger partial charge in [-0.3, -0.25) is 4.79 Å². The highest BCUT2D eigenvalue weighted by Crippen LogP contribution is 2.22. The van der Waals surface area contributed by atoms with Gasteiger partial charge in [0.05, 0.1) is 11.8 Å². The summed E-state index contributed by atoms with van der Waals surface area (Å²) in [5.74, 6) is 0.140. The molecule has 19 heavy (non-hydrogen) atoms. The zero-order valence-corrected chi connectivity index (χ0v) is 11.2. The van der Waals surface area contributed by atoms with E-state index in [1.165, 1.54) is 31.3 Å². The number of aromatic nitrogens is 2. The third-order valence-corrected chi connectivity index (χ3v) is 3.06. The van der Waals surface area contributed by atoms with Crippen LogP contribution in [0.15, 0.2) is 24.4 Å². The number of benzene rings is 1. The zero-order chi connectivity index (χ0) is 14.0. The molecule has 2 rings (SSSR count). The van der Waals surface area contributed by atoms with Crippen LogP contribution in [0, 0.1) is 5.82 Å². The lowest BCUT2D eigenvalue weighted by Crippen LogP contribution is -2.06. The Bertz CT molecular complexity index is 625. The van der Waals surface area contributed by atoms with E-state index in [9.17, 15) is 9.18 Å². The predicted octanol–water partition coefficient (Wildman–Crippen LogP) is 2.99. The molecule has 0 aliphatic carbocycles. The molecule has 1 aromatic heterocycles. The molecule has 0 saturated carbocycles. The van der Waals surface area contributed by atoms with Crippen LogP contribution in [0.1, 0.15) is 23.1 Å². The van der Waals surface area contributed by atoms with E-state index in [-0.39, 0.29) is 18.1 Å². The first-order valence-electron chi connectivity index (χ1n) is 5.58. The fourth-order valence-electron chi connectivity index (χ4n) is 1.61. The molecule has 0 bridgehead atoms. The first-order chi connectivity index (χ1) is 8.99. The molecule has 0 saturated heterocycles. The minimum absolute atomic E-state index is 0.104. The van der Waals surface area contributed by atoms with Crippen molar-refractivity contribution in [2.45, 2.75) is 13.5 Å². The number of ketones is 1. The molecule has 1 aromatic carbocycles. The first-order valence-corrected chi connectivity index (χ1v) is 5.96. The molecular formula is C13H12ClFN2O2. The largest absolute Gasteiger partial charge is 0.485 e. The van der Waals surface area contributed by atoms with Crippen molar-refractivity contribution in [3.63, 3.8) is 0 Å². The van der Waals surface area contributed by atoms with Crippen LogP contribution in [0.3, 0.4) is 0 Å². The predicted molar refractivity (Wildman–Crippen MR) is 69.0 cm³/mol. The van der Waals surface area contributed by atoms with Crippen molar-refractivity contribution in [1.29, 1.82) is 0 Å². The van der Waals surface area contributed by atoms with Gasteiger partial charge in [-0.15, -0.1) is 0 Å². The lowest BCUT2D eigenvalue weighted by Gasteiger charge is -2.10. The lowest BCUT2D eigenvalue weighted by molar-refractivity contribution is 0.101. The molecule has 6 heteroatoms. The van der Waals surface area contributed by atoms with Gasteiger partial charge in [-0.2, -0.15) is 0 Å². The number of nitrogens with zero attached hydrogens (tertiary/aromatic N) is 2. The summed E-state index contributed by atoms with van der Waals surface area (Å²) in [4.78, 5) is 15.5. The van der Waals surface area contributed by atoms with E-state index >= 15 is 0 Å². The standard InChI is InChI=1S/C13H12ClFN2O2/c1-8(18)10-4-3-9(15)5-11(10)19-7-13-16-6-12(14)17(13)2/h3-6H,7H2,1-2H3. The summed E-state index contributed by atoms with van der Waals surface area (Å²) in [6.45, 7) is 1.50. The third-order valence-electron chi connectivity index (χ3n) is 2.71. The van der Waals surface area contributed by atoms with E-state index in [2.05, 4.69) is 4.98 Å². The average Bonchev–Trinajstić information content (AvgIpc) is 2.67. The Kier molecular flexibility index (Phi) is 3.85. The minimum Gasteiger partial charge on any atom is -0.485 e. The van der Waals surface area contributed by atoms with Crippen LogP contribution in [0.25, 0.3) is 0 Å². The molecule has 0 aliphatic heterocycles. The molecule has 1 heterocycles. The van der Waals surface area contributed by atoms with Crippen molar-refractivity contribution in [3.05, 3.63) is 46.8 Å². The summed E-state index contributed by atoms with van der Waals surface area (Å²) in [7, 11) is 1.74. The fraction of sp³-hybridized carbons (Fsp3) is 0.231. The zero-order valence-electron chi connectivity index (χ0n) is 10.5. The molecule has 0 radical (unpaired) electrons. The highest BCUT2D eigenvalue weighted by Gasteiger charge is 2.11. The molecule has 0 aliphatic rings. The summed E-state index contributed by atoms with van der Waals surface area (Å²) < 4.78 is 20.3. The van der Waals surface area contributed by atoms with Gasteiger partial charge in [0.25, 0.3) is 0 Å². The van der Waals surface area contributed by atoms with Crippen LogP contribution in [-0.2, 0) is 13.7 Å². The van der Waals surface area contributed by atoms with E-state index in [4.69, 9.17) is 16.3 Å². The maximum Gasteiger partial charge on any atom is 0.163 e. The number of imidazole rings is 1. The molecule has 4 nitrogen and oxygen atoms in total. The van der Waals surface area contributed by atoms with Gasteiger partial charge < -0.3 is 9.30 Å². The molecule has 0 N–H and O–H groups in total. The quantitative estimate of drug-likeness (QED) is 0.810. The van der Waals surface area contributed by atoms with E-state index in [1.807, 2.05) is 0 Å². The minimum atomic E-state index is -0.460. The van der Waals surface area contributed by atoms with Crippen molar-refractivity contribution in [2.24, 2.45) is 7.05 Å². The van der Waals surface area contributed by atoms with Crippen molar-refractivity contribution >= 4 is 17.4 Å². The lowest BCUT2D eigenvalue weighted by atomic mass is 10.1. The maximum absolute atomic E-state index is 13.2. The van der Waals surface area contributed by atoms with Crippen molar-refractivity contribution < 1.29 is 13.9 Å². The number of hydrogen-bond acceptors (Lipinski definition) is 3. The molecule has 0 atom stereocenters. The molecule has 100 valence electrons. The molecule has 0 fully saturated rings. The van der Waals surface area contributed by atoms with Gasteiger partial charge in [0.1, 0.15) is 29.2 Å². The summed E-state index contributed by atoms with van der Waals surface area (Å²) >= 11 is 5.85. The molecular weight excluding hydrogens is 271 g/mol. The van der Waals surface area contributed by atoms with Crippen LogP contribution in [0.5, 0.6) is 5.75 Å². The highest BCUT2D eigenvalue weighted by atomic mass is 35.5. The van der Waals surface area contributed by atoms with E-state index in [0.29, 0.717) is 16.5 Å². The number of carbonyl (C=O) groups excluding carboxylic acids is 1. The highest BCUT2D eigenvalue weighted by molar-refractivity contribution is 6.29. The van der Waals surface area contributed by atoms with Gasteiger partial charge in [0.15, 0.2) is 5.78 Å². The number of rotatable bonds is 4. The number of Topliss-reactive ketones (excluding diaryl/α,β-unsaturated/α-hetero) is 1. The van der Waals surface area contributed by atoms with Crippen LogP contribution < -0.4 is 4.74 Å². The van der Waals surface area contributed by atoms with Gasteiger partial charge in [-0.25, -0.2) is 9.37 Å². The Morgan fingerprint density at radius 3 is 2.84 bits per heavy atom. The van der Waals surface area contributed by atoms with Gasteiger partial charge >= 0.3 is 0 Å². The topological polar surface area (TPSA) is 44.1 Å². The fourth-order valence-corrected chi connectivity index (χ4v) is 1.75. The van der Waals surface area contributed by atoms with Gasteiger partial charge in [-0.05, 0) is 19.1 Å². The Balaban J connectivity index is 2.21. The second-order valence-corrected chi connectivity index (χ2v) is 4.43. The van der Waals surface area contributed by atoms with Gasteiger partial charge in [-0.1, -0.05) is 11.6 Å². The van der Waals surface area contributed by atoms with E-state index in [1.54, 1.807) is 11.6 Å². The molecule has 0 unspecified atom stereocenters. The summed E-state index contributed by atoms with van der Waals surface area (Å²) in [6, 6.07) is 3.81. The third kappa shape index (κ3) is 2.93. The van der Waals surface area contributed by atoms with Crippen molar-refractivity contribution in [1.82, 2.24) is 9.55 Å². The maximum atomic E-state index is 13.2. The van der Waals surface area contributed by atoms with E-state index < -0.39 is 5.82 Å². The Labute approximate surface area is 114 Å². The molecule has 0 amide bonds. The van der Waals surface area contributed by atoms with Crippen LogP contribution in [0.4, 0.5) is 4.39 Å². The van der Waals surface area contributed by atoms with Crippen LogP contribution in [0.2, 0.25) is 5.15 Å². The summed E-state index contributed by atoms with van der Waals surface area (Å²) in [5, 5.41) is 0.477. The SMILES string of the molecule is CC(=O)c1ccc(F)cc1OCc1ncc(Cl)n1C. The Morgan fingerprint density at radius 2 is 2.26 bits per heavy atom. The number of ether oxygens (including phenoxy) is 1. The van der Waals surface area contributed by atoms with Crippen LogP contribution >= 0.6 is 11.6 Å².